The highest BCUT2D eigenvalue weighted by molar-refractivity contribution is 14.1. The molecule has 2 N–H and O–H groups in total. The van der Waals surface area contributed by atoms with Gasteiger partial charge in [-0.25, -0.2) is 0 Å². The van der Waals surface area contributed by atoms with E-state index in [-0.39, 0.29) is 64.3 Å². The summed E-state index contributed by atoms with van der Waals surface area (Å²) in [5.41, 5.74) is 2.13. The van der Waals surface area contributed by atoms with E-state index in [0.29, 0.717) is 23.3 Å². The number of fused-ring (bicyclic) bond motifs is 2. The Labute approximate surface area is 349 Å². The monoisotopic (exact) mass is 891 g/mol. The number of hydrogen-bond acceptors (Lipinski definition) is 6. The molecule has 8 unspecified atom stereocenters. The van der Waals surface area contributed by atoms with Crippen molar-refractivity contribution in [1.82, 2.24) is 5.32 Å². The van der Waals surface area contributed by atoms with Crippen LogP contribution in [-0.4, -0.2) is 46.7 Å². The summed E-state index contributed by atoms with van der Waals surface area (Å²) >= 11 is 8.74. The van der Waals surface area contributed by atoms with E-state index in [9.17, 15) is 19.2 Å². The summed E-state index contributed by atoms with van der Waals surface area (Å²) in [6, 6.07) is 7.37. The van der Waals surface area contributed by atoms with Crippen molar-refractivity contribution in [3.05, 3.63) is 58.1 Å². The van der Waals surface area contributed by atoms with Crippen LogP contribution in [0, 0.1) is 50.7 Å². The molecule has 0 spiro atoms. The van der Waals surface area contributed by atoms with E-state index in [1.807, 2.05) is 31.2 Å². The number of Topliss-reactive ketones (excluding diaryl/α,β-unsaturated/α-hetero) is 1. The summed E-state index contributed by atoms with van der Waals surface area (Å²) < 4.78 is 7.18. The first kappa shape index (κ1) is 45.7. The van der Waals surface area contributed by atoms with Crippen LogP contribution in [-0.2, 0) is 23.9 Å². The van der Waals surface area contributed by atoms with E-state index in [1.54, 1.807) is 19.9 Å². The lowest BCUT2D eigenvalue weighted by Gasteiger charge is -2.62. The summed E-state index contributed by atoms with van der Waals surface area (Å²) in [5, 5.41) is 10.8. The molecule has 1 amide bonds. The molecule has 0 radical (unpaired) electrons. The minimum atomic E-state index is -0.726. The predicted octanol–water partition coefficient (Wildman–Crippen LogP) is 10.6. The number of halogens is 2. The molecule has 0 aliphatic heterocycles. The summed E-state index contributed by atoms with van der Waals surface area (Å²) in [5.74, 6) is 1.06. The number of amides is 1. The molecule has 306 valence electrons. The van der Waals surface area contributed by atoms with Crippen molar-refractivity contribution in [1.29, 1.82) is 0 Å². The van der Waals surface area contributed by atoms with Crippen molar-refractivity contribution in [2.75, 3.05) is 11.5 Å². The zero-order valence-corrected chi connectivity index (χ0v) is 37.9. The van der Waals surface area contributed by atoms with Gasteiger partial charge in [-0.05, 0) is 128 Å². The van der Waals surface area contributed by atoms with Crippen molar-refractivity contribution in [3.8, 4) is 0 Å². The Hall–Kier alpha value is -2.04. The fourth-order valence-corrected chi connectivity index (χ4v) is 12.6. The quantitative estimate of drug-likeness (QED) is 0.0711. The highest BCUT2D eigenvalue weighted by Gasteiger charge is 2.61. The molecule has 4 aliphatic rings. The third-order valence-electron chi connectivity index (χ3n) is 14.1. The van der Waals surface area contributed by atoms with Gasteiger partial charge in [-0.15, -0.1) is 0 Å². The summed E-state index contributed by atoms with van der Waals surface area (Å²) in [7, 11) is 1.00. The Kier molecular flexibility index (Phi) is 14.8. The van der Waals surface area contributed by atoms with Crippen LogP contribution in [0.3, 0.4) is 0 Å². The van der Waals surface area contributed by atoms with Crippen molar-refractivity contribution in [3.63, 3.8) is 0 Å². The second-order valence-corrected chi connectivity index (χ2v) is 20.8. The first-order valence-electron chi connectivity index (χ1n) is 20.4. The number of rotatable bonds is 12. The minimum Gasteiger partial charge on any atom is -0.462 e. The SMILES string of the molecule is CC(C)C1=C2C(CCI)C(C3(C)CCC4C(C)(CCC(OC(=O)CC(C)(C)C=O)C4(C)C)C3)CCC2(/C=C/C(=O)NC(C)c2cccc(Cl)c2)CC1=O.CO. The maximum atomic E-state index is 14.0. The van der Waals surface area contributed by atoms with Crippen molar-refractivity contribution >= 4 is 58.1 Å². The molecule has 0 aromatic heterocycles. The zero-order chi connectivity index (χ0) is 41.1. The van der Waals surface area contributed by atoms with Gasteiger partial charge in [0.15, 0.2) is 5.78 Å². The lowest BCUT2D eigenvalue weighted by molar-refractivity contribution is -0.184. The lowest BCUT2D eigenvalue weighted by atomic mass is 9.43. The number of benzene rings is 1. The maximum Gasteiger partial charge on any atom is 0.307 e. The number of ketones is 1. The Morgan fingerprint density at radius 2 is 1.73 bits per heavy atom. The van der Waals surface area contributed by atoms with Gasteiger partial charge in [-0.2, -0.15) is 0 Å². The number of carbonyl (C=O) groups is 4. The van der Waals surface area contributed by atoms with Crippen molar-refractivity contribution < 1.29 is 29.0 Å². The molecule has 0 heterocycles. The second kappa shape index (κ2) is 17.8. The van der Waals surface area contributed by atoms with Crippen LogP contribution in [0.25, 0.3) is 0 Å². The Morgan fingerprint density at radius 3 is 2.35 bits per heavy atom. The maximum absolute atomic E-state index is 14.0. The highest BCUT2D eigenvalue weighted by atomic mass is 127. The molecule has 0 saturated heterocycles. The van der Waals surface area contributed by atoms with Gasteiger partial charge in [-0.1, -0.05) is 108 Å². The summed E-state index contributed by atoms with van der Waals surface area (Å²) in [6.07, 6.45) is 13.1. The average molecular weight is 892 g/mol. The van der Waals surface area contributed by atoms with E-state index < -0.39 is 10.8 Å². The Balaban J connectivity index is 0.00000331. The molecular weight excluding hydrogens is 825 g/mol. The fraction of sp³-hybridized carbons (Fsp3) is 0.696. The first-order valence-corrected chi connectivity index (χ1v) is 22.3. The van der Waals surface area contributed by atoms with E-state index in [0.717, 1.165) is 80.3 Å². The van der Waals surface area contributed by atoms with Gasteiger partial charge >= 0.3 is 5.97 Å². The topological polar surface area (TPSA) is 110 Å². The summed E-state index contributed by atoms with van der Waals surface area (Å²) in [4.78, 5) is 51.9. The second-order valence-electron chi connectivity index (χ2n) is 19.3. The number of alkyl halides is 1. The van der Waals surface area contributed by atoms with Gasteiger partial charge in [0.2, 0.25) is 5.91 Å². The Bertz CT molecular complexity index is 1650. The normalized spacial score (nSPS) is 32.3. The molecule has 8 atom stereocenters. The molecule has 7 nitrogen and oxygen atoms in total. The number of aliphatic hydroxyl groups is 1. The van der Waals surface area contributed by atoms with Gasteiger partial charge in [0, 0.05) is 39.2 Å². The summed E-state index contributed by atoms with van der Waals surface area (Å²) in [6.45, 7) is 19.4. The number of esters is 1. The molecule has 9 heteroatoms. The van der Waals surface area contributed by atoms with E-state index in [2.05, 4.69) is 75.5 Å². The molecule has 1 aromatic rings. The highest BCUT2D eigenvalue weighted by Crippen LogP contribution is 2.68. The molecule has 0 bridgehead atoms. The van der Waals surface area contributed by atoms with Crippen LogP contribution in [0.2, 0.25) is 5.02 Å². The number of aldehydes is 1. The molecule has 1 aromatic carbocycles. The first-order chi connectivity index (χ1) is 25.7. The third kappa shape index (κ3) is 9.64. The molecule has 5 rings (SSSR count). The number of nitrogens with one attached hydrogen (secondary N) is 1. The van der Waals surface area contributed by atoms with Crippen molar-refractivity contribution in [2.45, 2.75) is 139 Å². The van der Waals surface area contributed by atoms with Crippen LogP contribution in [0.1, 0.15) is 138 Å². The molecule has 3 fully saturated rings. The minimum absolute atomic E-state index is 0.0929. The van der Waals surface area contributed by atoms with Gasteiger partial charge in [0.05, 0.1) is 12.5 Å². The molecular formula is C46H67ClINO6. The molecule has 3 saturated carbocycles. The lowest BCUT2D eigenvalue weighted by Crippen LogP contribution is -2.56. The van der Waals surface area contributed by atoms with Crippen LogP contribution in [0.4, 0.5) is 0 Å². The fourth-order valence-electron chi connectivity index (χ4n) is 11.7. The van der Waals surface area contributed by atoms with Gasteiger partial charge in [0.25, 0.3) is 0 Å². The zero-order valence-electron chi connectivity index (χ0n) is 35.0. The van der Waals surface area contributed by atoms with Crippen LogP contribution < -0.4 is 5.32 Å². The van der Waals surface area contributed by atoms with E-state index in [4.69, 9.17) is 21.4 Å². The van der Waals surface area contributed by atoms with Crippen LogP contribution in [0.5, 0.6) is 0 Å². The number of allylic oxidation sites excluding steroid dienone is 3. The molecule has 55 heavy (non-hydrogen) atoms. The van der Waals surface area contributed by atoms with Gasteiger partial charge in [-0.3, -0.25) is 14.4 Å². The van der Waals surface area contributed by atoms with E-state index in [1.165, 1.54) is 5.57 Å². The molecule has 4 aliphatic carbocycles. The number of carbonyl (C=O) groups excluding carboxylic acids is 4. The van der Waals surface area contributed by atoms with E-state index >= 15 is 0 Å². The van der Waals surface area contributed by atoms with Crippen LogP contribution >= 0.6 is 34.2 Å². The number of aliphatic hydroxyl groups excluding tert-OH is 1. The Morgan fingerprint density at radius 1 is 1.05 bits per heavy atom. The van der Waals surface area contributed by atoms with Crippen molar-refractivity contribution in [2.24, 2.45) is 50.7 Å². The smallest absolute Gasteiger partial charge is 0.307 e. The van der Waals surface area contributed by atoms with Crippen LogP contribution in [0.15, 0.2) is 47.6 Å². The largest absolute Gasteiger partial charge is 0.462 e. The third-order valence-corrected chi connectivity index (χ3v) is 14.9. The average Bonchev–Trinajstić information content (AvgIpc) is 3.42. The standard InChI is InChI=1S/C45H63ClINO5.CH4O/c1-28(2)39-34(50)24-45(21-16-37(51)48-29(3)30-11-10-12-31(46)23-30)20-13-33(32(17-22-47)40(39)45)43(8)18-14-35-42(6,7)36(15-19-44(35,9)26-43)53-38(52)25-41(4,5)27-49;1-2/h10-12,16,21,23,27-29,32-33,35-36H,13-15,17-20,22,24-26H2,1-9H3,(H,48,51);2H,1H3/b21-16+;. The van der Waals surface area contributed by atoms with Gasteiger partial charge < -0.3 is 20.0 Å². The predicted molar refractivity (Wildman–Crippen MR) is 230 cm³/mol. The number of ether oxygens (including phenoxy) is 1. The van der Waals surface area contributed by atoms with Gasteiger partial charge in [0.1, 0.15) is 12.4 Å². The number of hydrogen-bond donors (Lipinski definition) is 2.